The van der Waals surface area contributed by atoms with E-state index in [9.17, 15) is 4.79 Å². The number of aryl methyl sites for hydroxylation is 1. The number of nitrogens with one attached hydrogen (secondary N) is 2. The summed E-state index contributed by atoms with van der Waals surface area (Å²) >= 11 is 0. The fourth-order valence-electron chi connectivity index (χ4n) is 3.03. The van der Waals surface area contributed by atoms with Crippen molar-refractivity contribution in [2.45, 2.75) is 45.7 Å². The first-order valence-corrected chi connectivity index (χ1v) is 7.66. The van der Waals surface area contributed by atoms with Gasteiger partial charge in [0.2, 0.25) is 5.91 Å². The number of carbonyl (C=O) groups excluding carboxylic acids is 1. The Labute approximate surface area is 120 Å². The van der Waals surface area contributed by atoms with Gasteiger partial charge in [-0.25, -0.2) is 0 Å². The summed E-state index contributed by atoms with van der Waals surface area (Å²) in [6, 6.07) is 0.493. The molecule has 1 aliphatic heterocycles. The van der Waals surface area contributed by atoms with Crippen LogP contribution in [0.5, 0.6) is 0 Å². The van der Waals surface area contributed by atoms with Gasteiger partial charge in [0, 0.05) is 42.9 Å². The minimum absolute atomic E-state index is 0.347. The van der Waals surface area contributed by atoms with Gasteiger partial charge in [-0.1, -0.05) is 6.92 Å². The molecule has 0 bridgehead atoms. The Hall–Kier alpha value is -1.36. The van der Waals surface area contributed by atoms with Gasteiger partial charge in [0.1, 0.15) is 0 Å². The summed E-state index contributed by atoms with van der Waals surface area (Å²) in [6.45, 7) is 6.95. The molecule has 2 aliphatic rings. The monoisotopic (exact) mass is 276 g/mol. The van der Waals surface area contributed by atoms with Crippen LogP contribution in [0.3, 0.4) is 0 Å². The summed E-state index contributed by atoms with van der Waals surface area (Å²) in [6.07, 6.45) is 5.14. The van der Waals surface area contributed by atoms with Crippen molar-refractivity contribution in [3.63, 3.8) is 0 Å². The Kier molecular flexibility index (Phi) is 3.78. The third-order valence-corrected chi connectivity index (χ3v) is 4.63. The summed E-state index contributed by atoms with van der Waals surface area (Å²) in [5.74, 6) is 1.25. The molecule has 2 N–H and O–H groups in total. The lowest BCUT2D eigenvalue weighted by Crippen LogP contribution is -2.50. The summed E-state index contributed by atoms with van der Waals surface area (Å²) in [7, 11) is 0. The van der Waals surface area contributed by atoms with E-state index in [0.29, 0.717) is 23.8 Å². The Bertz CT molecular complexity index is 480. The average molecular weight is 276 g/mol. The number of rotatable bonds is 4. The van der Waals surface area contributed by atoms with E-state index >= 15 is 0 Å². The lowest BCUT2D eigenvalue weighted by molar-refractivity contribution is -0.134. The van der Waals surface area contributed by atoms with E-state index in [1.165, 1.54) is 5.56 Å². The van der Waals surface area contributed by atoms with E-state index in [4.69, 9.17) is 0 Å². The van der Waals surface area contributed by atoms with E-state index in [2.05, 4.69) is 27.3 Å². The number of hydrogen-bond acceptors (Lipinski definition) is 3. The minimum Gasteiger partial charge on any atom is -0.342 e. The molecule has 3 rings (SSSR count). The van der Waals surface area contributed by atoms with Gasteiger partial charge in [0.05, 0.1) is 6.20 Å². The van der Waals surface area contributed by atoms with Crippen LogP contribution in [0.25, 0.3) is 0 Å². The normalized spacial score (nSPS) is 26.8. The van der Waals surface area contributed by atoms with Crippen LogP contribution in [0, 0.1) is 18.8 Å². The quantitative estimate of drug-likeness (QED) is 0.875. The molecule has 2 atom stereocenters. The van der Waals surface area contributed by atoms with Crippen molar-refractivity contribution < 1.29 is 4.79 Å². The maximum absolute atomic E-state index is 12.1. The van der Waals surface area contributed by atoms with Crippen LogP contribution < -0.4 is 5.32 Å². The number of carbonyl (C=O) groups is 1. The van der Waals surface area contributed by atoms with Crippen LogP contribution in [-0.2, 0) is 11.3 Å². The molecule has 0 aromatic carbocycles. The summed E-state index contributed by atoms with van der Waals surface area (Å²) in [4.78, 5) is 14.2. The number of nitrogens with zero attached hydrogens (tertiary/aromatic N) is 2. The van der Waals surface area contributed by atoms with Gasteiger partial charge in [0.25, 0.3) is 0 Å². The van der Waals surface area contributed by atoms with Gasteiger partial charge in [-0.05, 0) is 32.1 Å². The van der Waals surface area contributed by atoms with Crippen molar-refractivity contribution in [3.05, 3.63) is 17.5 Å². The molecule has 0 unspecified atom stereocenters. The molecule has 1 amide bonds. The second-order valence-corrected chi connectivity index (χ2v) is 6.33. The number of hydrogen-bond donors (Lipinski definition) is 2. The Balaban J connectivity index is 1.50. The minimum atomic E-state index is 0.347. The molecule has 1 saturated carbocycles. The van der Waals surface area contributed by atoms with Crippen LogP contribution in [0.2, 0.25) is 0 Å². The molecular formula is C15H24N4O. The first-order valence-electron chi connectivity index (χ1n) is 7.66. The number of H-pyrrole nitrogens is 1. The van der Waals surface area contributed by atoms with E-state index < -0.39 is 0 Å². The zero-order chi connectivity index (χ0) is 14.1. The molecule has 20 heavy (non-hydrogen) atoms. The van der Waals surface area contributed by atoms with Gasteiger partial charge in [-0.2, -0.15) is 5.10 Å². The van der Waals surface area contributed by atoms with Crippen LogP contribution in [-0.4, -0.2) is 40.1 Å². The second kappa shape index (κ2) is 5.56. The topological polar surface area (TPSA) is 61.0 Å². The summed E-state index contributed by atoms with van der Waals surface area (Å²) in [5.41, 5.74) is 2.36. The molecular weight excluding hydrogens is 252 g/mol. The van der Waals surface area contributed by atoms with Crippen LogP contribution >= 0.6 is 0 Å². The molecule has 110 valence electrons. The predicted octanol–water partition coefficient (Wildman–Crippen LogP) is 1.45. The zero-order valence-electron chi connectivity index (χ0n) is 12.4. The zero-order valence-corrected chi connectivity index (χ0v) is 12.4. The van der Waals surface area contributed by atoms with Crippen LogP contribution in [0.4, 0.5) is 0 Å². The molecule has 0 spiro atoms. The van der Waals surface area contributed by atoms with Crippen molar-refractivity contribution >= 4 is 5.91 Å². The van der Waals surface area contributed by atoms with Crippen molar-refractivity contribution in [2.24, 2.45) is 11.8 Å². The highest BCUT2D eigenvalue weighted by molar-refractivity contribution is 5.81. The first-order chi connectivity index (χ1) is 9.65. The standard InChI is InChI=1S/C15H24N4O/c1-10-9-19(15(20)12-3-4-12)6-5-14(10)16-7-13-8-17-18-11(13)2/h8,10,12,14,16H,3-7,9H2,1-2H3,(H,17,18)/t10-,14+/m1/s1. The van der Waals surface area contributed by atoms with Crippen molar-refractivity contribution in [1.29, 1.82) is 0 Å². The Morgan fingerprint density at radius 1 is 1.50 bits per heavy atom. The van der Waals surface area contributed by atoms with E-state index in [0.717, 1.165) is 44.6 Å². The van der Waals surface area contributed by atoms with Gasteiger partial charge in [-0.3, -0.25) is 9.89 Å². The third-order valence-electron chi connectivity index (χ3n) is 4.63. The van der Waals surface area contributed by atoms with Gasteiger partial charge < -0.3 is 10.2 Å². The number of aromatic nitrogens is 2. The number of aromatic amines is 1. The Morgan fingerprint density at radius 3 is 2.90 bits per heavy atom. The number of likely N-dealkylation sites (tertiary alicyclic amines) is 1. The fourth-order valence-corrected chi connectivity index (χ4v) is 3.03. The highest BCUT2D eigenvalue weighted by atomic mass is 16.2. The molecule has 1 aliphatic carbocycles. The van der Waals surface area contributed by atoms with Crippen molar-refractivity contribution in [2.75, 3.05) is 13.1 Å². The summed E-state index contributed by atoms with van der Waals surface area (Å²) in [5, 5.41) is 10.6. The van der Waals surface area contributed by atoms with E-state index in [1.807, 2.05) is 13.1 Å². The molecule has 5 heteroatoms. The Morgan fingerprint density at radius 2 is 2.30 bits per heavy atom. The lowest BCUT2D eigenvalue weighted by atomic mass is 9.93. The first kappa shape index (κ1) is 13.6. The van der Waals surface area contributed by atoms with Gasteiger partial charge in [-0.15, -0.1) is 0 Å². The second-order valence-electron chi connectivity index (χ2n) is 6.33. The van der Waals surface area contributed by atoms with Gasteiger partial charge in [0.15, 0.2) is 0 Å². The maximum Gasteiger partial charge on any atom is 0.225 e. The number of piperidine rings is 1. The fraction of sp³-hybridized carbons (Fsp3) is 0.733. The molecule has 2 fully saturated rings. The molecule has 1 aromatic rings. The maximum atomic E-state index is 12.1. The molecule has 0 radical (unpaired) electrons. The van der Waals surface area contributed by atoms with E-state index in [1.54, 1.807) is 0 Å². The van der Waals surface area contributed by atoms with Crippen molar-refractivity contribution in [3.8, 4) is 0 Å². The molecule has 1 saturated heterocycles. The van der Waals surface area contributed by atoms with Crippen molar-refractivity contribution in [1.82, 2.24) is 20.4 Å². The predicted molar refractivity (Wildman–Crippen MR) is 77.0 cm³/mol. The largest absolute Gasteiger partial charge is 0.342 e. The molecule has 2 heterocycles. The smallest absolute Gasteiger partial charge is 0.225 e. The van der Waals surface area contributed by atoms with E-state index in [-0.39, 0.29) is 0 Å². The van der Waals surface area contributed by atoms with Crippen LogP contribution in [0.15, 0.2) is 6.20 Å². The SMILES string of the molecule is Cc1[nH]ncc1CN[C@H]1CCN(C(=O)C2CC2)C[C@H]1C. The highest BCUT2D eigenvalue weighted by Crippen LogP contribution is 2.32. The third kappa shape index (κ3) is 2.87. The van der Waals surface area contributed by atoms with Crippen LogP contribution in [0.1, 0.15) is 37.4 Å². The molecule has 5 nitrogen and oxygen atoms in total. The number of amides is 1. The summed E-state index contributed by atoms with van der Waals surface area (Å²) < 4.78 is 0. The highest BCUT2D eigenvalue weighted by Gasteiger charge is 2.36. The molecule has 1 aromatic heterocycles. The lowest BCUT2D eigenvalue weighted by Gasteiger charge is -2.37. The average Bonchev–Trinajstić information content (AvgIpc) is 3.20. The van der Waals surface area contributed by atoms with Gasteiger partial charge >= 0.3 is 0 Å².